The van der Waals surface area contributed by atoms with Gasteiger partial charge in [0, 0.05) is 28.2 Å². The smallest absolute Gasteiger partial charge is 0.407 e. The van der Waals surface area contributed by atoms with Crippen molar-refractivity contribution in [3.8, 4) is 0 Å². The minimum atomic E-state index is -1.61. The van der Waals surface area contributed by atoms with E-state index < -0.39 is 9.89 Å². The van der Waals surface area contributed by atoms with Crippen LogP contribution in [-0.4, -0.2) is 29.1 Å². The maximum absolute atomic E-state index is 11.8. The van der Waals surface area contributed by atoms with Gasteiger partial charge in [0.25, 0.3) is 0 Å². The summed E-state index contributed by atoms with van der Waals surface area (Å²) in [6.45, 7) is 4.53. The average Bonchev–Trinajstić information content (AvgIpc) is 2.88. The Morgan fingerprint density at radius 3 is 2.96 bits per heavy atom. The molecule has 2 aliphatic rings. The SMILES string of the molecule is C=C1CCCC2Nc3ccc(Br)cc3C12CCNC(=O)OCC(Cl)(Cl)Cl. The third kappa shape index (κ3) is 4.11. The predicted octanol–water partition coefficient (Wildman–Crippen LogP) is 5.71. The number of amides is 1. The molecule has 8 heteroatoms. The molecule has 1 aliphatic heterocycles. The van der Waals surface area contributed by atoms with Gasteiger partial charge >= 0.3 is 6.09 Å². The van der Waals surface area contributed by atoms with Crippen molar-refractivity contribution >= 4 is 62.5 Å². The molecular weight excluding hydrogens is 462 g/mol. The van der Waals surface area contributed by atoms with Crippen molar-refractivity contribution in [2.24, 2.45) is 0 Å². The highest BCUT2D eigenvalue weighted by Gasteiger charge is 2.49. The first kappa shape index (κ1) is 20.1. The molecule has 0 spiro atoms. The largest absolute Gasteiger partial charge is 0.445 e. The minimum Gasteiger partial charge on any atom is -0.445 e. The molecular formula is C18H20BrCl3N2O2. The van der Waals surface area contributed by atoms with Crippen molar-refractivity contribution < 1.29 is 9.53 Å². The minimum absolute atomic E-state index is 0.195. The molecule has 4 nitrogen and oxygen atoms in total. The molecule has 26 heavy (non-hydrogen) atoms. The van der Waals surface area contributed by atoms with Gasteiger partial charge in [-0.25, -0.2) is 4.79 Å². The van der Waals surface area contributed by atoms with Crippen molar-refractivity contribution in [3.63, 3.8) is 0 Å². The molecule has 1 saturated carbocycles. The number of hydrogen-bond donors (Lipinski definition) is 2. The number of nitrogens with one attached hydrogen (secondary N) is 2. The van der Waals surface area contributed by atoms with Crippen LogP contribution < -0.4 is 10.6 Å². The number of carbonyl (C=O) groups excluding carboxylic acids is 1. The Hall–Kier alpha value is -0.620. The summed E-state index contributed by atoms with van der Waals surface area (Å²) in [6, 6.07) is 6.56. The van der Waals surface area contributed by atoms with Crippen molar-refractivity contribution in [2.45, 2.75) is 40.9 Å². The predicted molar refractivity (Wildman–Crippen MR) is 110 cm³/mol. The van der Waals surface area contributed by atoms with Crippen LogP contribution in [-0.2, 0) is 10.2 Å². The summed E-state index contributed by atoms with van der Waals surface area (Å²) in [5.74, 6) is 0. The van der Waals surface area contributed by atoms with Crippen LogP contribution in [0.4, 0.5) is 10.5 Å². The topological polar surface area (TPSA) is 50.4 Å². The molecule has 2 N–H and O–H groups in total. The van der Waals surface area contributed by atoms with Gasteiger partial charge in [-0.05, 0) is 49.4 Å². The van der Waals surface area contributed by atoms with Crippen LogP contribution in [0.3, 0.4) is 0 Å². The number of fused-ring (bicyclic) bond motifs is 3. The Kier molecular flexibility index (Phi) is 6.02. The van der Waals surface area contributed by atoms with Crippen LogP contribution in [0.1, 0.15) is 31.2 Å². The van der Waals surface area contributed by atoms with Crippen molar-refractivity contribution in [3.05, 3.63) is 40.4 Å². The Morgan fingerprint density at radius 1 is 1.46 bits per heavy atom. The standard InChI is InChI=1S/C18H20BrCl3N2O2/c1-11-3-2-4-15-17(11,13-9-12(19)5-6-14(13)24-15)7-8-23-16(25)26-10-18(20,21)22/h5-6,9,15,24H,1-4,7-8,10H2,(H,23,25). The summed E-state index contributed by atoms with van der Waals surface area (Å²) in [6.07, 6.45) is 3.32. The second kappa shape index (κ2) is 7.78. The summed E-state index contributed by atoms with van der Waals surface area (Å²) in [5.41, 5.74) is 3.38. The van der Waals surface area contributed by atoms with Crippen molar-refractivity contribution in [1.82, 2.24) is 5.32 Å². The third-order valence-electron chi connectivity index (χ3n) is 5.14. The second-order valence-corrected chi connectivity index (χ2v) is 10.2. The molecule has 1 aliphatic carbocycles. The molecule has 1 heterocycles. The van der Waals surface area contributed by atoms with Gasteiger partial charge in [0.15, 0.2) is 0 Å². The van der Waals surface area contributed by atoms with Gasteiger partial charge in [0.1, 0.15) is 6.61 Å². The number of rotatable bonds is 4. The number of carbonyl (C=O) groups is 1. The Labute approximate surface area is 176 Å². The lowest BCUT2D eigenvalue weighted by atomic mass is 9.63. The summed E-state index contributed by atoms with van der Waals surface area (Å²) < 4.78 is 4.35. The van der Waals surface area contributed by atoms with Gasteiger partial charge in [0.2, 0.25) is 3.79 Å². The quantitative estimate of drug-likeness (QED) is 0.427. The zero-order valence-electron chi connectivity index (χ0n) is 14.1. The molecule has 0 bridgehead atoms. The summed E-state index contributed by atoms with van der Waals surface area (Å²) in [4.78, 5) is 11.8. The van der Waals surface area contributed by atoms with Crippen LogP contribution in [0, 0.1) is 0 Å². The maximum atomic E-state index is 11.8. The lowest BCUT2D eigenvalue weighted by molar-refractivity contribution is 0.147. The van der Waals surface area contributed by atoms with E-state index in [-0.39, 0.29) is 18.1 Å². The van der Waals surface area contributed by atoms with Crippen LogP contribution in [0.2, 0.25) is 0 Å². The molecule has 2 unspecified atom stereocenters. The van der Waals surface area contributed by atoms with Crippen LogP contribution >= 0.6 is 50.7 Å². The number of alkyl carbamates (subject to hydrolysis) is 1. The molecule has 1 aromatic rings. The number of hydrogen-bond acceptors (Lipinski definition) is 3. The van der Waals surface area contributed by atoms with E-state index in [9.17, 15) is 4.79 Å². The highest BCUT2D eigenvalue weighted by atomic mass is 79.9. The van der Waals surface area contributed by atoms with Gasteiger partial charge in [-0.15, -0.1) is 0 Å². The molecule has 142 valence electrons. The average molecular weight is 483 g/mol. The maximum Gasteiger partial charge on any atom is 0.407 e. The zero-order valence-corrected chi connectivity index (χ0v) is 17.9. The number of halogens is 4. The Bertz CT molecular complexity index is 723. The molecule has 3 rings (SSSR count). The zero-order chi connectivity index (χ0) is 18.9. The Morgan fingerprint density at radius 2 is 2.23 bits per heavy atom. The fraction of sp³-hybridized carbons (Fsp3) is 0.500. The van der Waals surface area contributed by atoms with Crippen LogP contribution in [0.5, 0.6) is 0 Å². The van der Waals surface area contributed by atoms with E-state index in [1.807, 2.05) is 6.07 Å². The lowest BCUT2D eigenvalue weighted by Crippen LogP contribution is -2.45. The molecule has 2 atom stereocenters. The highest BCUT2D eigenvalue weighted by molar-refractivity contribution is 9.10. The summed E-state index contributed by atoms with van der Waals surface area (Å²) in [5, 5.41) is 6.40. The second-order valence-electron chi connectivity index (χ2n) is 6.72. The number of ether oxygens (including phenoxy) is 1. The number of benzene rings is 1. The van der Waals surface area contributed by atoms with E-state index >= 15 is 0 Å². The Balaban J connectivity index is 1.72. The molecule has 0 aromatic heterocycles. The first-order chi connectivity index (χ1) is 12.2. The van der Waals surface area contributed by atoms with E-state index in [0.717, 1.165) is 35.8 Å². The van der Waals surface area contributed by atoms with Crippen molar-refractivity contribution in [1.29, 1.82) is 0 Å². The van der Waals surface area contributed by atoms with Crippen LogP contribution in [0.15, 0.2) is 34.8 Å². The van der Waals surface area contributed by atoms with Gasteiger partial charge in [-0.1, -0.05) is 62.9 Å². The van der Waals surface area contributed by atoms with Gasteiger partial charge < -0.3 is 15.4 Å². The first-order valence-electron chi connectivity index (χ1n) is 8.44. The lowest BCUT2D eigenvalue weighted by Gasteiger charge is -2.42. The molecule has 1 fully saturated rings. The van der Waals surface area contributed by atoms with Crippen molar-refractivity contribution in [2.75, 3.05) is 18.5 Å². The van der Waals surface area contributed by atoms with E-state index in [1.165, 1.54) is 11.1 Å². The molecule has 0 saturated heterocycles. The van der Waals surface area contributed by atoms with E-state index in [4.69, 9.17) is 39.5 Å². The normalized spacial score (nSPS) is 24.5. The summed E-state index contributed by atoms with van der Waals surface area (Å²) >= 11 is 20.4. The number of anilines is 1. The highest BCUT2D eigenvalue weighted by Crippen LogP contribution is 2.53. The van der Waals surface area contributed by atoms with E-state index in [1.54, 1.807) is 0 Å². The number of alkyl halides is 3. The fourth-order valence-corrected chi connectivity index (χ4v) is 4.58. The fourth-order valence-electron chi connectivity index (χ4n) is 4.05. The van der Waals surface area contributed by atoms with Gasteiger partial charge in [-0.2, -0.15) is 0 Å². The van der Waals surface area contributed by atoms with Gasteiger partial charge in [0.05, 0.1) is 0 Å². The van der Waals surface area contributed by atoms with E-state index in [2.05, 4.69) is 45.3 Å². The molecule has 1 amide bonds. The monoisotopic (exact) mass is 480 g/mol. The van der Waals surface area contributed by atoms with Crippen LogP contribution in [0.25, 0.3) is 0 Å². The molecule has 0 radical (unpaired) electrons. The third-order valence-corrected chi connectivity index (χ3v) is 5.97. The van der Waals surface area contributed by atoms with E-state index in [0.29, 0.717) is 6.54 Å². The molecule has 1 aromatic carbocycles. The van der Waals surface area contributed by atoms with Gasteiger partial charge in [-0.3, -0.25) is 0 Å². The first-order valence-corrected chi connectivity index (χ1v) is 10.4. The summed E-state index contributed by atoms with van der Waals surface area (Å²) in [7, 11) is 0.